The van der Waals surface area contributed by atoms with Gasteiger partial charge in [0.25, 0.3) is 5.91 Å². The third-order valence-electron chi connectivity index (χ3n) is 4.27. The van der Waals surface area contributed by atoms with Gasteiger partial charge in [-0.05, 0) is 62.4 Å². The maximum Gasteiger partial charge on any atom is 0.287 e. The Morgan fingerprint density at radius 2 is 1.72 bits per heavy atom. The van der Waals surface area contributed by atoms with Crippen LogP contribution in [0.4, 0.5) is 0 Å². The fourth-order valence-corrected chi connectivity index (χ4v) is 2.68. The van der Waals surface area contributed by atoms with Crippen molar-refractivity contribution in [1.82, 2.24) is 15.5 Å². The third-order valence-corrected chi connectivity index (χ3v) is 4.27. The quantitative estimate of drug-likeness (QED) is 0.503. The minimum atomic E-state index is -0.460. The summed E-state index contributed by atoms with van der Waals surface area (Å²) in [6.45, 7) is 3.79. The van der Waals surface area contributed by atoms with Crippen molar-refractivity contribution in [2.75, 3.05) is 0 Å². The lowest BCUT2D eigenvalue weighted by atomic mass is 10.2. The van der Waals surface area contributed by atoms with E-state index in [4.69, 9.17) is 13.7 Å². The van der Waals surface area contributed by atoms with Crippen molar-refractivity contribution < 1.29 is 18.5 Å². The number of benzene rings is 2. The van der Waals surface area contributed by atoms with Crippen molar-refractivity contribution in [3.63, 3.8) is 0 Å². The van der Waals surface area contributed by atoms with E-state index >= 15 is 0 Å². The minimum absolute atomic E-state index is 0.223. The van der Waals surface area contributed by atoms with Crippen molar-refractivity contribution in [1.29, 1.82) is 0 Å². The third kappa shape index (κ3) is 4.35. The molecule has 1 amide bonds. The number of carbonyl (C=O) groups is 1. The highest BCUT2D eigenvalue weighted by Crippen LogP contribution is 2.25. The van der Waals surface area contributed by atoms with Gasteiger partial charge in [0.05, 0.1) is 6.26 Å². The molecule has 0 spiro atoms. The maximum atomic E-state index is 12.1. The molecule has 0 bridgehead atoms. The standard InChI is InChI=1S/C22H19N3O4/c1-14-5-9-17(10-6-14)28-18-11-7-16(8-12-18)20-24-22(29-25-20)15(2)23-21(26)19-4-3-13-27-19/h3-13,15H,1-2H3,(H,23,26)/t15-/m1/s1. The van der Waals surface area contributed by atoms with E-state index in [1.807, 2.05) is 55.5 Å². The maximum absolute atomic E-state index is 12.1. The number of amides is 1. The van der Waals surface area contributed by atoms with Crippen molar-refractivity contribution in [3.8, 4) is 22.9 Å². The summed E-state index contributed by atoms with van der Waals surface area (Å²) in [5.41, 5.74) is 1.95. The number of rotatable bonds is 6. The first-order chi connectivity index (χ1) is 14.1. The second kappa shape index (κ2) is 8.02. The lowest BCUT2D eigenvalue weighted by Gasteiger charge is -2.07. The molecule has 7 heteroatoms. The Hall–Kier alpha value is -3.87. The smallest absolute Gasteiger partial charge is 0.287 e. The number of hydrogen-bond donors (Lipinski definition) is 1. The Labute approximate surface area is 167 Å². The van der Waals surface area contributed by atoms with Crippen molar-refractivity contribution >= 4 is 5.91 Å². The Balaban J connectivity index is 1.42. The molecule has 2 aromatic heterocycles. The van der Waals surface area contributed by atoms with E-state index in [-0.39, 0.29) is 11.7 Å². The first-order valence-electron chi connectivity index (χ1n) is 9.11. The zero-order valence-electron chi connectivity index (χ0n) is 16.0. The van der Waals surface area contributed by atoms with Crippen LogP contribution in [0.1, 0.15) is 35.0 Å². The van der Waals surface area contributed by atoms with Crippen LogP contribution in [-0.4, -0.2) is 16.0 Å². The molecule has 1 atom stereocenters. The summed E-state index contributed by atoms with van der Waals surface area (Å²) >= 11 is 0. The molecule has 7 nitrogen and oxygen atoms in total. The zero-order chi connectivity index (χ0) is 20.2. The van der Waals surface area contributed by atoms with E-state index in [1.165, 1.54) is 11.8 Å². The van der Waals surface area contributed by atoms with Crippen LogP contribution in [0.25, 0.3) is 11.4 Å². The molecule has 0 aliphatic heterocycles. The Morgan fingerprint density at radius 3 is 2.38 bits per heavy atom. The normalized spacial score (nSPS) is 11.8. The summed E-state index contributed by atoms with van der Waals surface area (Å²) in [6, 6.07) is 18.0. The predicted octanol–water partition coefficient (Wildman–Crippen LogP) is 4.92. The second-order valence-electron chi connectivity index (χ2n) is 6.57. The van der Waals surface area contributed by atoms with E-state index in [1.54, 1.807) is 19.1 Å². The van der Waals surface area contributed by atoms with E-state index in [9.17, 15) is 4.79 Å². The highest BCUT2D eigenvalue weighted by Gasteiger charge is 2.19. The molecule has 2 heterocycles. The molecule has 4 rings (SSSR count). The van der Waals surface area contributed by atoms with Gasteiger partial charge in [-0.25, -0.2) is 0 Å². The molecule has 0 saturated carbocycles. The molecule has 0 radical (unpaired) electrons. The summed E-state index contributed by atoms with van der Waals surface area (Å²) in [4.78, 5) is 16.4. The second-order valence-corrected chi connectivity index (χ2v) is 6.57. The van der Waals surface area contributed by atoms with Gasteiger partial charge in [0.2, 0.25) is 11.7 Å². The van der Waals surface area contributed by atoms with Gasteiger partial charge < -0.3 is 19.0 Å². The van der Waals surface area contributed by atoms with E-state index in [2.05, 4.69) is 15.5 Å². The largest absolute Gasteiger partial charge is 0.459 e. The summed E-state index contributed by atoms with van der Waals surface area (Å²) in [6.07, 6.45) is 1.44. The number of carbonyl (C=O) groups excluding carboxylic acids is 1. The average molecular weight is 389 g/mol. The Bertz CT molecular complexity index is 1080. The number of aromatic nitrogens is 2. The average Bonchev–Trinajstić information content (AvgIpc) is 3.43. The van der Waals surface area contributed by atoms with Crippen LogP contribution in [-0.2, 0) is 0 Å². The summed E-state index contributed by atoms with van der Waals surface area (Å²) < 4.78 is 16.2. The predicted molar refractivity (Wildman–Crippen MR) is 106 cm³/mol. The molecule has 146 valence electrons. The van der Waals surface area contributed by atoms with E-state index in [0.717, 1.165) is 11.3 Å². The zero-order valence-corrected chi connectivity index (χ0v) is 16.0. The molecule has 29 heavy (non-hydrogen) atoms. The Kier molecular flexibility index (Phi) is 5.11. The van der Waals surface area contributed by atoms with E-state index < -0.39 is 6.04 Å². The molecule has 4 aromatic rings. The molecule has 0 aliphatic rings. The molecule has 2 aromatic carbocycles. The number of nitrogens with zero attached hydrogens (tertiary/aromatic N) is 2. The van der Waals surface area contributed by atoms with Gasteiger partial charge >= 0.3 is 0 Å². The van der Waals surface area contributed by atoms with Gasteiger partial charge in [-0.2, -0.15) is 4.98 Å². The van der Waals surface area contributed by atoms with Crippen LogP contribution in [0, 0.1) is 6.92 Å². The van der Waals surface area contributed by atoms with Crippen LogP contribution in [0.15, 0.2) is 75.9 Å². The van der Waals surface area contributed by atoms with Crippen LogP contribution in [0.2, 0.25) is 0 Å². The van der Waals surface area contributed by atoms with Crippen molar-refractivity contribution in [2.45, 2.75) is 19.9 Å². The number of aryl methyl sites for hydroxylation is 1. The highest BCUT2D eigenvalue weighted by atomic mass is 16.5. The van der Waals surface area contributed by atoms with Gasteiger partial charge in [0.1, 0.15) is 17.5 Å². The molecule has 0 aliphatic carbocycles. The van der Waals surface area contributed by atoms with Gasteiger partial charge in [0.15, 0.2) is 5.76 Å². The molecule has 0 unspecified atom stereocenters. The fourth-order valence-electron chi connectivity index (χ4n) is 2.68. The Morgan fingerprint density at radius 1 is 1.03 bits per heavy atom. The van der Waals surface area contributed by atoms with Gasteiger partial charge in [-0.15, -0.1) is 0 Å². The van der Waals surface area contributed by atoms with Gasteiger partial charge in [-0.1, -0.05) is 22.9 Å². The number of hydrogen-bond acceptors (Lipinski definition) is 6. The summed E-state index contributed by atoms with van der Waals surface area (Å²) in [7, 11) is 0. The molecule has 0 saturated heterocycles. The van der Waals surface area contributed by atoms with Crippen LogP contribution >= 0.6 is 0 Å². The first kappa shape index (κ1) is 18.5. The monoisotopic (exact) mass is 389 g/mol. The minimum Gasteiger partial charge on any atom is -0.459 e. The number of furan rings is 1. The molecule has 1 N–H and O–H groups in total. The number of ether oxygens (including phenoxy) is 1. The van der Waals surface area contributed by atoms with Gasteiger partial charge in [-0.3, -0.25) is 4.79 Å². The van der Waals surface area contributed by atoms with Gasteiger partial charge in [0, 0.05) is 5.56 Å². The fraction of sp³-hybridized carbons (Fsp3) is 0.136. The lowest BCUT2D eigenvalue weighted by Crippen LogP contribution is -2.26. The molecular formula is C22H19N3O4. The van der Waals surface area contributed by atoms with Crippen molar-refractivity contribution in [2.24, 2.45) is 0 Å². The summed E-state index contributed by atoms with van der Waals surface area (Å²) in [5.74, 6) is 2.09. The van der Waals surface area contributed by atoms with Crippen molar-refractivity contribution in [3.05, 3.63) is 84.1 Å². The van der Waals surface area contributed by atoms with E-state index in [0.29, 0.717) is 17.5 Å². The van der Waals surface area contributed by atoms with Crippen LogP contribution < -0.4 is 10.1 Å². The van der Waals surface area contributed by atoms with Crippen LogP contribution in [0.3, 0.4) is 0 Å². The first-order valence-corrected chi connectivity index (χ1v) is 9.11. The number of nitrogens with one attached hydrogen (secondary N) is 1. The highest BCUT2D eigenvalue weighted by molar-refractivity contribution is 5.91. The lowest BCUT2D eigenvalue weighted by molar-refractivity contribution is 0.0904. The molecule has 0 fully saturated rings. The molecular weight excluding hydrogens is 370 g/mol. The SMILES string of the molecule is Cc1ccc(Oc2ccc(-c3noc([C@@H](C)NC(=O)c4ccco4)n3)cc2)cc1. The topological polar surface area (TPSA) is 90.4 Å². The summed E-state index contributed by atoms with van der Waals surface area (Å²) in [5, 5.41) is 6.75. The van der Waals surface area contributed by atoms with Crippen LogP contribution in [0.5, 0.6) is 11.5 Å².